The zero-order chi connectivity index (χ0) is 16.8. The number of methoxy groups -OCH3 is 2. The Morgan fingerprint density at radius 3 is 2.74 bits per heavy atom. The highest BCUT2D eigenvalue weighted by atomic mass is 16.5. The summed E-state index contributed by atoms with van der Waals surface area (Å²) >= 11 is 0. The first-order chi connectivity index (χ1) is 11.0. The first kappa shape index (κ1) is 16.7. The topological polar surface area (TPSA) is 91.0 Å². The molecule has 0 aliphatic carbocycles. The van der Waals surface area contributed by atoms with Crippen LogP contribution in [0.3, 0.4) is 0 Å². The van der Waals surface area contributed by atoms with E-state index in [-0.39, 0.29) is 13.0 Å². The van der Waals surface area contributed by atoms with Crippen molar-refractivity contribution in [2.24, 2.45) is 5.92 Å². The van der Waals surface area contributed by atoms with E-state index in [9.17, 15) is 4.79 Å². The maximum absolute atomic E-state index is 10.8. The number of carboxylic acids is 1. The predicted molar refractivity (Wildman–Crippen MR) is 80.9 cm³/mol. The quantitative estimate of drug-likeness (QED) is 0.798. The molecule has 0 amide bonds. The largest absolute Gasteiger partial charge is 0.497 e. The molecule has 0 saturated carbocycles. The minimum absolute atomic E-state index is 0.244. The maximum atomic E-state index is 10.8. The molecule has 1 N–H and O–H groups in total. The number of carboxylic acid groups (broad SMARTS) is 1. The fraction of sp³-hybridized carbons (Fsp3) is 0.375. The van der Waals surface area contributed by atoms with Gasteiger partial charge in [-0.25, -0.2) is 0 Å². The van der Waals surface area contributed by atoms with Gasteiger partial charge in [0.25, 0.3) is 5.88 Å². The van der Waals surface area contributed by atoms with Gasteiger partial charge >= 0.3 is 5.97 Å². The normalized spacial score (nSPS) is 11.8. The van der Waals surface area contributed by atoms with Crippen LogP contribution < -0.4 is 14.2 Å². The highest BCUT2D eigenvalue weighted by molar-refractivity contribution is 5.69. The smallest absolute Gasteiger partial charge is 0.306 e. The monoisotopic (exact) mass is 321 g/mol. The van der Waals surface area contributed by atoms with Crippen LogP contribution in [0.25, 0.3) is 0 Å². The molecule has 1 atom stereocenters. The van der Waals surface area contributed by atoms with Crippen LogP contribution in [0.15, 0.2) is 28.8 Å². The summed E-state index contributed by atoms with van der Waals surface area (Å²) in [6.07, 6.45) is 0.261. The lowest BCUT2D eigenvalue weighted by molar-refractivity contribution is -0.141. The summed E-state index contributed by atoms with van der Waals surface area (Å²) in [5, 5.41) is 12.7. The number of aromatic nitrogens is 1. The summed E-state index contributed by atoms with van der Waals surface area (Å²) in [7, 11) is 3.15. The Balaban J connectivity index is 1.99. The lowest BCUT2D eigenvalue weighted by Crippen LogP contribution is -2.11. The summed E-state index contributed by atoms with van der Waals surface area (Å²) in [4.78, 5) is 10.8. The molecule has 0 aliphatic rings. The minimum atomic E-state index is -0.883. The number of benzene rings is 1. The molecule has 23 heavy (non-hydrogen) atoms. The van der Waals surface area contributed by atoms with E-state index in [0.717, 1.165) is 5.56 Å². The first-order valence-electron chi connectivity index (χ1n) is 7.05. The number of hydrogen-bond donors (Lipinski definition) is 1. The van der Waals surface area contributed by atoms with Crippen molar-refractivity contribution in [3.05, 3.63) is 35.6 Å². The van der Waals surface area contributed by atoms with Crippen molar-refractivity contribution >= 4 is 5.97 Å². The molecule has 0 unspecified atom stereocenters. The van der Waals surface area contributed by atoms with Gasteiger partial charge in [0.2, 0.25) is 0 Å². The molecule has 0 aliphatic heterocycles. The van der Waals surface area contributed by atoms with Gasteiger partial charge in [-0.3, -0.25) is 4.79 Å². The lowest BCUT2D eigenvalue weighted by atomic mass is 10.1. The van der Waals surface area contributed by atoms with Crippen LogP contribution in [0.4, 0.5) is 0 Å². The number of ether oxygens (including phenoxy) is 3. The molecule has 1 aromatic carbocycles. The summed E-state index contributed by atoms with van der Waals surface area (Å²) in [5.41, 5.74) is 0.830. The molecule has 1 aromatic heterocycles. The third-order valence-corrected chi connectivity index (χ3v) is 3.34. The van der Waals surface area contributed by atoms with Crippen LogP contribution in [-0.4, -0.2) is 30.5 Å². The van der Waals surface area contributed by atoms with Crippen LogP contribution in [-0.2, 0) is 17.8 Å². The van der Waals surface area contributed by atoms with Gasteiger partial charge < -0.3 is 23.8 Å². The number of carbonyl (C=O) groups is 1. The van der Waals surface area contributed by atoms with Gasteiger partial charge in [0, 0.05) is 24.1 Å². The van der Waals surface area contributed by atoms with Crippen LogP contribution in [0.2, 0.25) is 0 Å². The zero-order valence-electron chi connectivity index (χ0n) is 13.2. The van der Waals surface area contributed by atoms with E-state index in [1.807, 2.05) is 12.1 Å². The summed E-state index contributed by atoms with van der Waals surface area (Å²) in [5.74, 6) is 0.681. The van der Waals surface area contributed by atoms with Gasteiger partial charge in [0.05, 0.1) is 20.1 Å². The Labute approximate surface area is 133 Å². The summed E-state index contributed by atoms with van der Waals surface area (Å²) in [6.45, 7) is 1.85. The molecule has 124 valence electrons. The van der Waals surface area contributed by atoms with E-state index in [2.05, 4.69) is 5.16 Å². The Morgan fingerprint density at radius 2 is 2.09 bits per heavy atom. The molecule has 2 rings (SSSR count). The second-order valence-corrected chi connectivity index (χ2v) is 5.04. The third-order valence-electron chi connectivity index (χ3n) is 3.34. The highest BCUT2D eigenvalue weighted by Crippen LogP contribution is 2.26. The molecule has 7 nitrogen and oxygen atoms in total. The fourth-order valence-electron chi connectivity index (χ4n) is 1.97. The molecule has 7 heteroatoms. The van der Waals surface area contributed by atoms with Crippen molar-refractivity contribution in [3.8, 4) is 17.4 Å². The Bertz CT molecular complexity index is 666. The molecular formula is C16H19NO6. The van der Waals surface area contributed by atoms with Gasteiger partial charge in [0.1, 0.15) is 23.9 Å². The number of nitrogens with zero attached hydrogens (tertiary/aromatic N) is 1. The van der Waals surface area contributed by atoms with E-state index in [0.29, 0.717) is 23.1 Å². The second kappa shape index (κ2) is 7.53. The molecule has 0 bridgehead atoms. The SMILES string of the molecule is COc1ccc(COc2cc(C[C@H](C)C(=O)O)on2)c(OC)c1. The molecule has 0 fully saturated rings. The Morgan fingerprint density at radius 1 is 1.30 bits per heavy atom. The van der Waals surface area contributed by atoms with Crippen molar-refractivity contribution in [1.29, 1.82) is 0 Å². The minimum Gasteiger partial charge on any atom is -0.497 e. The second-order valence-electron chi connectivity index (χ2n) is 5.04. The Kier molecular flexibility index (Phi) is 5.46. The van der Waals surface area contributed by atoms with Crippen molar-refractivity contribution in [2.75, 3.05) is 14.2 Å². The fourth-order valence-corrected chi connectivity index (χ4v) is 1.97. The highest BCUT2D eigenvalue weighted by Gasteiger charge is 2.16. The van der Waals surface area contributed by atoms with Gasteiger partial charge in [-0.15, -0.1) is 0 Å². The molecule has 0 saturated heterocycles. The van der Waals surface area contributed by atoms with Gasteiger partial charge in [-0.1, -0.05) is 6.92 Å². The number of aliphatic carboxylic acids is 1. The number of rotatable bonds is 8. The predicted octanol–water partition coefficient (Wildman–Crippen LogP) is 2.53. The van der Waals surface area contributed by atoms with E-state index >= 15 is 0 Å². The summed E-state index contributed by atoms with van der Waals surface area (Å²) in [6, 6.07) is 7.01. The zero-order valence-corrected chi connectivity index (χ0v) is 13.2. The van der Waals surface area contributed by atoms with E-state index in [4.69, 9.17) is 23.8 Å². The van der Waals surface area contributed by atoms with Crippen LogP contribution >= 0.6 is 0 Å². The van der Waals surface area contributed by atoms with Crippen molar-refractivity contribution in [2.45, 2.75) is 20.0 Å². The third kappa shape index (κ3) is 4.38. The van der Waals surface area contributed by atoms with Crippen molar-refractivity contribution in [3.63, 3.8) is 0 Å². The number of hydrogen-bond acceptors (Lipinski definition) is 6. The van der Waals surface area contributed by atoms with Crippen molar-refractivity contribution in [1.82, 2.24) is 5.16 Å². The average molecular weight is 321 g/mol. The van der Waals surface area contributed by atoms with Crippen molar-refractivity contribution < 1.29 is 28.6 Å². The molecule has 1 heterocycles. The standard InChI is InChI=1S/C16H19NO6/c1-10(16(18)19)6-13-8-15(17-23-13)22-9-11-4-5-12(20-2)7-14(11)21-3/h4-5,7-8,10H,6,9H2,1-3H3,(H,18,19)/t10-/m0/s1. The lowest BCUT2D eigenvalue weighted by Gasteiger charge is -2.10. The summed E-state index contributed by atoms with van der Waals surface area (Å²) < 4.78 is 21.1. The molecule has 0 spiro atoms. The van der Waals surface area contributed by atoms with E-state index in [1.54, 1.807) is 33.3 Å². The maximum Gasteiger partial charge on any atom is 0.306 e. The van der Waals surface area contributed by atoms with Gasteiger partial charge in [-0.05, 0) is 17.3 Å². The van der Waals surface area contributed by atoms with Gasteiger partial charge in [0.15, 0.2) is 0 Å². The van der Waals surface area contributed by atoms with Crippen LogP contribution in [0.5, 0.6) is 17.4 Å². The molecule has 2 aromatic rings. The van der Waals surface area contributed by atoms with Crippen LogP contribution in [0.1, 0.15) is 18.2 Å². The molecule has 0 radical (unpaired) electrons. The van der Waals surface area contributed by atoms with E-state index < -0.39 is 11.9 Å². The van der Waals surface area contributed by atoms with Crippen LogP contribution in [0, 0.1) is 5.92 Å². The first-order valence-corrected chi connectivity index (χ1v) is 7.05. The van der Waals surface area contributed by atoms with E-state index in [1.165, 1.54) is 0 Å². The Hall–Kier alpha value is -2.70. The average Bonchev–Trinajstić information content (AvgIpc) is 3.00. The van der Waals surface area contributed by atoms with Gasteiger partial charge in [-0.2, -0.15) is 0 Å². The molecular weight excluding hydrogens is 302 g/mol.